The summed E-state index contributed by atoms with van der Waals surface area (Å²) in [6, 6.07) is 8.72. The van der Waals surface area contributed by atoms with Crippen LogP contribution in [0, 0.1) is 0 Å². The van der Waals surface area contributed by atoms with Crippen LogP contribution in [0.1, 0.15) is 51.2 Å². The smallest absolute Gasteiger partial charge is 0.308 e. The molecular formula is C29H43N3O4. The van der Waals surface area contributed by atoms with Gasteiger partial charge in [-0.3, -0.25) is 9.69 Å². The van der Waals surface area contributed by atoms with Gasteiger partial charge in [0, 0.05) is 32.7 Å². The lowest BCUT2D eigenvalue weighted by Crippen LogP contribution is -2.56. The third kappa shape index (κ3) is 8.87. The Morgan fingerprint density at radius 3 is 2.64 bits per heavy atom. The van der Waals surface area contributed by atoms with E-state index in [4.69, 9.17) is 14.2 Å². The Kier molecular flexibility index (Phi) is 10.3. The molecule has 1 spiro atoms. The first-order valence-electron chi connectivity index (χ1n) is 13.0. The fraction of sp³-hybridized carbons (Fsp3) is 0.586. The summed E-state index contributed by atoms with van der Waals surface area (Å²) < 4.78 is 17.3. The van der Waals surface area contributed by atoms with Crippen LogP contribution in [0.4, 0.5) is 0 Å². The van der Waals surface area contributed by atoms with Crippen molar-refractivity contribution in [3.05, 3.63) is 59.9 Å². The maximum absolute atomic E-state index is 11.8. The van der Waals surface area contributed by atoms with Crippen molar-refractivity contribution in [2.45, 2.75) is 64.2 Å². The number of allylic oxidation sites excluding steroid dienone is 2. The van der Waals surface area contributed by atoms with E-state index in [2.05, 4.69) is 52.4 Å². The number of likely N-dealkylation sites (tertiary alicyclic amines) is 1. The summed E-state index contributed by atoms with van der Waals surface area (Å²) in [5, 5.41) is 0. The minimum atomic E-state index is -0.453. The van der Waals surface area contributed by atoms with Crippen LogP contribution in [0.15, 0.2) is 53.8 Å². The van der Waals surface area contributed by atoms with Crippen molar-refractivity contribution < 1.29 is 19.0 Å². The van der Waals surface area contributed by atoms with Gasteiger partial charge in [-0.2, -0.15) is 0 Å². The van der Waals surface area contributed by atoms with Crippen LogP contribution in [0.2, 0.25) is 0 Å². The normalized spacial score (nSPS) is 18.8. The monoisotopic (exact) mass is 497 g/mol. The fourth-order valence-electron chi connectivity index (χ4n) is 4.81. The number of esters is 1. The van der Waals surface area contributed by atoms with Crippen molar-refractivity contribution in [1.82, 2.24) is 9.80 Å². The Hall–Kier alpha value is -2.48. The maximum atomic E-state index is 11.8. The summed E-state index contributed by atoms with van der Waals surface area (Å²) in [5.74, 6) is 0.658. The second kappa shape index (κ2) is 13.2. The third-order valence-electron chi connectivity index (χ3n) is 6.57. The Morgan fingerprint density at radius 1 is 1.19 bits per heavy atom. The van der Waals surface area contributed by atoms with E-state index in [1.54, 1.807) is 6.08 Å². The van der Waals surface area contributed by atoms with E-state index < -0.39 is 5.60 Å². The van der Waals surface area contributed by atoms with Crippen LogP contribution in [-0.4, -0.2) is 79.7 Å². The molecule has 0 bridgehead atoms. The highest BCUT2D eigenvalue weighted by atomic mass is 16.6. The highest BCUT2D eigenvalue weighted by Crippen LogP contribution is 2.32. The van der Waals surface area contributed by atoms with Crippen LogP contribution in [0.5, 0.6) is 0 Å². The molecule has 2 saturated heterocycles. The zero-order chi connectivity index (χ0) is 26.0. The lowest BCUT2D eigenvalue weighted by molar-refractivity contribution is -0.156. The number of benzene rings is 1. The lowest BCUT2D eigenvalue weighted by atomic mass is 9.89. The highest BCUT2D eigenvalue weighted by Gasteiger charge is 2.40. The average Bonchev–Trinajstić information content (AvgIpc) is 2.83. The molecule has 2 aliphatic rings. The molecule has 2 heterocycles. The average molecular weight is 498 g/mol. The minimum Gasteiger partial charge on any atom is -0.460 e. The van der Waals surface area contributed by atoms with Crippen molar-refractivity contribution >= 4 is 12.7 Å². The molecule has 1 aromatic carbocycles. The summed E-state index contributed by atoms with van der Waals surface area (Å²) in [6.45, 7) is 19.5. The van der Waals surface area contributed by atoms with Crippen LogP contribution in [0.25, 0.3) is 0 Å². The molecular weight excluding hydrogens is 454 g/mol. The zero-order valence-electron chi connectivity index (χ0n) is 22.3. The third-order valence-corrected chi connectivity index (χ3v) is 6.57. The SMILES string of the molecule is C=C/C=C(\N=C)N1CCOC2(CCN(Cc3cccc(CCOCCC(=O)OC(C)(C)C)c3)CC2)C1. The molecule has 2 fully saturated rings. The Bertz CT molecular complexity index is 913. The van der Waals surface area contributed by atoms with Gasteiger partial charge in [-0.1, -0.05) is 36.9 Å². The molecule has 7 nitrogen and oxygen atoms in total. The zero-order valence-corrected chi connectivity index (χ0v) is 22.3. The summed E-state index contributed by atoms with van der Waals surface area (Å²) in [7, 11) is 0. The van der Waals surface area contributed by atoms with Crippen molar-refractivity contribution in [1.29, 1.82) is 0 Å². The number of aliphatic imine (C=N–C) groups is 1. The number of nitrogens with zero attached hydrogens (tertiary/aromatic N) is 3. The van der Waals surface area contributed by atoms with Crippen molar-refractivity contribution in [3.63, 3.8) is 0 Å². The summed E-state index contributed by atoms with van der Waals surface area (Å²) in [6.07, 6.45) is 6.80. The molecule has 0 radical (unpaired) electrons. The molecule has 0 aromatic heterocycles. The predicted octanol–water partition coefficient (Wildman–Crippen LogP) is 4.37. The van der Waals surface area contributed by atoms with Crippen molar-refractivity contribution in [2.75, 3.05) is 46.0 Å². The van der Waals surface area contributed by atoms with Gasteiger partial charge in [0.05, 0.1) is 31.8 Å². The molecule has 0 aliphatic carbocycles. The highest BCUT2D eigenvalue weighted by molar-refractivity contribution is 5.69. The van der Waals surface area contributed by atoms with Crippen LogP contribution in [-0.2, 0) is 32.0 Å². The number of ether oxygens (including phenoxy) is 3. The minimum absolute atomic E-state index is 0.113. The molecule has 1 aromatic rings. The molecule has 2 aliphatic heterocycles. The summed E-state index contributed by atoms with van der Waals surface area (Å²) in [4.78, 5) is 20.7. The first-order valence-corrected chi connectivity index (χ1v) is 13.0. The number of morpholine rings is 1. The molecule has 198 valence electrons. The van der Waals surface area contributed by atoms with E-state index in [-0.39, 0.29) is 18.0 Å². The van der Waals surface area contributed by atoms with Gasteiger partial charge in [0.2, 0.25) is 0 Å². The number of carbonyl (C=O) groups is 1. The second-order valence-electron chi connectivity index (χ2n) is 10.7. The molecule has 0 N–H and O–H groups in total. The topological polar surface area (TPSA) is 63.6 Å². The molecule has 36 heavy (non-hydrogen) atoms. The van der Waals surface area contributed by atoms with Gasteiger partial charge in [0.25, 0.3) is 0 Å². The van der Waals surface area contributed by atoms with E-state index in [0.717, 1.165) is 57.8 Å². The van der Waals surface area contributed by atoms with Crippen molar-refractivity contribution in [2.24, 2.45) is 4.99 Å². The molecule has 0 saturated carbocycles. The Morgan fingerprint density at radius 2 is 1.94 bits per heavy atom. The maximum Gasteiger partial charge on any atom is 0.308 e. The number of piperidine rings is 1. The number of rotatable bonds is 11. The van der Waals surface area contributed by atoms with Gasteiger partial charge in [-0.05, 0) is 64.0 Å². The molecule has 0 amide bonds. The summed E-state index contributed by atoms with van der Waals surface area (Å²) >= 11 is 0. The first kappa shape index (κ1) is 28.1. The molecule has 3 rings (SSSR count). The van der Waals surface area contributed by atoms with Crippen LogP contribution >= 0.6 is 0 Å². The van der Waals surface area contributed by atoms with Gasteiger partial charge < -0.3 is 19.1 Å². The van der Waals surface area contributed by atoms with Gasteiger partial charge in [-0.25, -0.2) is 4.99 Å². The Labute approximate surface area is 216 Å². The predicted molar refractivity (Wildman–Crippen MR) is 144 cm³/mol. The quantitative estimate of drug-likeness (QED) is 0.196. The largest absolute Gasteiger partial charge is 0.460 e. The van der Waals surface area contributed by atoms with Crippen LogP contribution in [0.3, 0.4) is 0 Å². The van der Waals surface area contributed by atoms with Gasteiger partial charge >= 0.3 is 5.97 Å². The van der Waals surface area contributed by atoms with Gasteiger partial charge in [-0.15, -0.1) is 0 Å². The molecule has 7 heteroatoms. The number of hydrogen-bond acceptors (Lipinski definition) is 7. The van der Waals surface area contributed by atoms with Crippen molar-refractivity contribution in [3.8, 4) is 0 Å². The van der Waals surface area contributed by atoms with E-state index in [1.807, 2.05) is 26.8 Å². The van der Waals surface area contributed by atoms with Gasteiger partial charge in [0.15, 0.2) is 0 Å². The van der Waals surface area contributed by atoms with Gasteiger partial charge in [0.1, 0.15) is 11.4 Å². The number of carbonyl (C=O) groups excluding carboxylic acids is 1. The lowest BCUT2D eigenvalue weighted by Gasteiger charge is -2.48. The van der Waals surface area contributed by atoms with E-state index in [9.17, 15) is 4.79 Å². The van der Waals surface area contributed by atoms with E-state index >= 15 is 0 Å². The van der Waals surface area contributed by atoms with E-state index in [1.165, 1.54) is 11.1 Å². The molecule has 0 atom stereocenters. The second-order valence-corrected chi connectivity index (χ2v) is 10.7. The standard InChI is InChI=1S/C29H43N3O4/c1-6-8-26(30-5)32-17-20-35-29(23-32)13-15-31(16-14-29)22-25-10-7-9-24(21-25)11-18-34-19-12-27(33)36-28(2,3)4/h6-10,21H,1,5,11-20,22-23H2,2-4H3/b26-8+. The van der Waals surface area contributed by atoms with E-state index in [0.29, 0.717) is 19.8 Å². The fourth-order valence-corrected chi connectivity index (χ4v) is 4.81. The first-order chi connectivity index (χ1) is 17.2. The molecule has 0 unspecified atom stereocenters. The van der Waals surface area contributed by atoms with Crippen LogP contribution < -0.4 is 0 Å². The number of hydrogen-bond donors (Lipinski definition) is 0. The Balaban J connectivity index is 1.41. The summed E-state index contributed by atoms with van der Waals surface area (Å²) in [5.41, 5.74) is 2.00.